The van der Waals surface area contributed by atoms with Crippen LogP contribution in [-0.2, 0) is 16.6 Å². The highest BCUT2D eigenvalue weighted by Gasteiger charge is 2.43. The fourth-order valence-corrected chi connectivity index (χ4v) is 4.67. The summed E-state index contributed by atoms with van der Waals surface area (Å²) in [6.45, 7) is 2.90. The molecule has 1 aromatic rings. The van der Waals surface area contributed by atoms with Crippen molar-refractivity contribution in [3.63, 3.8) is 0 Å². The molecule has 21 heavy (non-hydrogen) atoms. The highest BCUT2D eigenvalue weighted by molar-refractivity contribution is 5.38. The second kappa shape index (κ2) is 6.93. The Kier molecular flexibility index (Phi) is 4.97. The zero-order valence-corrected chi connectivity index (χ0v) is 13.4. The smallest absolute Gasteiger partial charge is 0.0587 e. The molecule has 1 fully saturated rings. The van der Waals surface area contributed by atoms with Gasteiger partial charge < -0.3 is 10.1 Å². The minimum absolute atomic E-state index is 0.374. The van der Waals surface area contributed by atoms with Gasteiger partial charge in [0.2, 0.25) is 0 Å². The minimum Gasteiger partial charge on any atom is -0.383 e. The molecule has 1 aromatic carbocycles. The van der Waals surface area contributed by atoms with Crippen molar-refractivity contribution in [3.8, 4) is 0 Å². The van der Waals surface area contributed by atoms with E-state index in [1.54, 1.807) is 18.2 Å². The lowest BCUT2D eigenvalue weighted by molar-refractivity contribution is 0.183. The van der Waals surface area contributed by atoms with Gasteiger partial charge in [0, 0.05) is 25.6 Å². The van der Waals surface area contributed by atoms with Crippen molar-refractivity contribution in [1.82, 2.24) is 5.32 Å². The summed E-state index contributed by atoms with van der Waals surface area (Å²) in [4.78, 5) is 0. The van der Waals surface area contributed by atoms with Crippen molar-refractivity contribution in [2.24, 2.45) is 5.92 Å². The van der Waals surface area contributed by atoms with Crippen LogP contribution in [0.2, 0.25) is 0 Å². The topological polar surface area (TPSA) is 21.3 Å². The van der Waals surface area contributed by atoms with E-state index in [0.717, 1.165) is 25.6 Å². The third-order valence-electron chi connectivity index (χ3n) is 5.68. The Morgan fingerprint density at radius 2 is 2.00 bits per heavy atom. The second-order valence-electron chi connectivity index (χ2n) is 6.82. The Labute approximate surface area is 129 Å². The molecule has 1 saturated carbocycles. The molecule has 116 valence electrons. The average molecular weight is 287 g/mol. The van der Waals surface area contributed by atoms with Crippen molar-refractivity contribution in [3.05, 3.63) is 35.4 Å². The van der Waals surface area contributed by atoms with Crippen LogP contribution in [0.3, 0.4) is 0 Å². The fourth-order valence-electron chi connectivity index (χ4n) is 4.67. The van der Waals surface area contributed by atoms with Crippen LogP contribution in [0.4, 0.5) is 0 Å². The first kappa shape index (κ1) is 15.1. The molecule has 1 unspecified atom stereocenters. The van der Waals surface area contributed by atoms with Gasteiger partial charge in [-0.15, -0.1) is 0 Å². The number of methoxy groups -OCH3 is 1. The normalized spacial score (nSPS) is 26.0. The summed E-state index contributed by atoms with van der Waals surface area (Å²) in [7, 11) is 1.78. The molecular formula is C19H29NO. The highest BCUT2D eigenvalue weighted by atomic mass is 16.5. The van der Waals surface area contributed by atoms with Gasteiger partial charge in [-0.3, -0.25) is 0 Å². The highest BCUT2D eigenvalue weighted by Crippen LogP contribution is 2.48. The summed E-state index contributed by atoms with van der Waals surface area (Å²) in [5.41, 5.74) is 3.62. The zero-order chi connectivity index (χ0) is 14.5. The first-order chi connectivity index (χ1) is 10.4. The van der Waals surface area contributed by atoms with E-state index in [9.17, 15) is 0 Å². The van der Waals surface area contributed by atoms with Crippen LogP contribution in [0, 0.1) is 5.92 Å². The molecule has 2 aliphatic rings. The Hall–Kier alpha value is -0.860. The molecule has 0 aromatic heterocycles. The monoisotopic (exact) mass is 287 g/mol. The SMILES string of the molecule is COCCNCC1(C2CCCC2)CCCc2ccccc21. The Morgan fingerprint density at radius 3 is 2.81 bits per heavy atom. The lowest BCUT2D eigenvalue weighted by atomic mass is 9.62. The van der Waals surface area contributed by atoms with Gasteiger partial charge in [0.1, 0.15) is 0 Å². The van der Waals surface area contributed by atoms with Gasteiger partial charge in [0.05, 0.1) is 6.61 Å². The Balaban J connectivity index is 1.86. The summed E-state index contributed by atoms with van der Waals surface area (Å²) in [5.74, 6) is 0.869. The van der Waals surface area contributed by atoms with Crippen LogP contribution in [-0.4, -0.2) is 26.8 Å². The molecular weight excluding hydrogens is 258 g/mol. The zero-order valence-electron chi connectivity index (χ0n) is 13.4. The summed E-state index contributed by atoms with van der Waals surface area (Å²) in [6.07, 6.45) is 9.65. The molecule has 0 aliphatic heterocycles. The van der Waals surface area contributed by atoms with Gasteiger partial charge in [-0.25, -0.2) is 0 Å². The number of aryl methyl sites for hydroxylation is 1. The second-order valence-corrected chi connectivity index (χ2v) is 6.82. The number of fused-ring (bicyclic) bond motifs is 1. The quantitative estimate of drug-likeness (QED) is 0.806. The van der Waals surface area contributed by atoms with Crippen LogP contribution >= 0.6 is 0 Å². The van der Waals surface area contributed by atoms with E-state index in [0.29, 0.717) is 5.41 Å². The molecule has 3 rings (SSSR count). The number of ether oxygens (including phenoxy) is 1. The third kappa shape index (κ3) is 3.02. The maximum Gasteiger partial charge on any atom is 0.0587 e. The van der Waals surface area contributed by atoms with Crippen molar-refractivity contribution >= 4 is 0 Å². The molecule has 0 heterocycles. The molecule has 0 amide bonds. The molecule has 1 N–H and O–H groups in total. The maximum atomic E-state index is 5.20. The van der Waals surface area contributed by atoms with Gasteiger partial charge in [-0.1, -0.05) is 37.1 Å². The average Bonchev–Trinajstić information content (AvgIpc) is 3.06. The largest absolute Gasteiger partial charge is 0.383 e. The third-order valence-corrected chi connectivity index (χ3v) is 5.68. The molecule has 2 heteroatoms. The van der Waals surface area contributed by atoms with Crippen molar-refractivity contribution in [2.75, 3.05) is 26.8 Å². The van der Waals surface area contributed by atoms with E-state index in [4.69, 9.17) is 4.74 Å². The van der Waals surface area contributed by atoms with Crippen LogP contribution in [0.25, 0.3) is 0 Å². The number of hydrogen-bond donors (Lipinski definition) is 1. The lowest BCUT2D eigenvalue weighted by Crippen LogP contribution is -2.46. The number of rotatable bonds is 6. The molecule has 0 spiro atoms. The molecule has 0 saturated heterocycles. The van der Waals surface area contributed by atoms with Gasteiger partial charge in [-0.2, -0.15) is 0 Å². The first-order valence-electron chi connectivity index (χ1n) is 8.65. The van der Waals surface area contributed by atoms with Gasteiger partial charge in [0.25, 0.3) is 0 Å². The summed E-state index contributed by atoms with van der Waals surface area (Å²) in [5, 5.41) is 3.69. The van der Waals surface area contributed by atoms with Crippen LogP contribution in [0.1, 0.15) is 49.7 Å². The van der Waals surface area contributed by atoms with E-state index in [1.807, 2.05) is 0 Å². The van der Waals surface area contributed by atoms with E-state index in [2.05, 4.69) is 29.6 Å². The van der Waals surface area contributed by atoms with Crippen molar-refractivity contribution in [1.29, 1.82) is 0 Å². The van der Waals surface area contributed by atoms with Crippen molar-refractivity contribution in [2.45, 2.75) is 50.4 Å². The Morgan fingerprint density at radius 1 is 1.19 bits per heavy atom. The predicted molar refractivity (Wildman–Crippen MR) is 87.8 cm³/mol. The van der Waals surface area contributed by atoms with E-state index in [1.165, 1.54) is 44.9 Å². The molecule has 2 aliphatic carbocycles. The van der Waals surface area contributed by atoms with Crippen molar-refractivity contribution < 1.29 is 4.74 Å². The van der Waals surface area contributed by atoms with E-state index >= 15 is 0 Å². The Bertz CT molecular complexity index is 453. The van der Waals surface area contributed by atoms with Crippen LogP contribution in [0.15, 0.2) is 24.3 Å². The number of benzene rings is 1. The predicted octanol–water partition coefficient (Wildman–Crippen LogP) is 3.69. The number of hydrogen-bond acceptors (Lipinski definition) is 2. The summed E-state index contributed by atoms with van der Waals surface area (Å²) in [6, 6.07) is 9.21. The van der Waals surface area contributed by atoms with Crippen LogP contribution in [0.5, 0.6) is 0 Å². The van der Waals surface area contributed by atoms with Gasteiger partial charge in [0.15, 0.2) is 0 Å². The molecule has 0 bridgehead atoms. The molecule has 0 radical (unpaired) electrons. The summed E-state index contributed by atoms with van der Waals surface area (Å²) >= 11 is 0. The van der Waals surface area contributed by atoms with E-state index < -0.39 is 0 Å². The maximum absolute atomic E-state index is 5.20. The summed E-state index contributed by atoms with van der Waals surface area (Å²) < 4.78 is 5.20. The fraction of sp³-hybridized carbons (Fsp3) is 0.684. The van der Waals surface area contributed by atoms with E-state index in [-0.39, 0.29) is 0 Å². The standard InChI is InChI=1S/C19H29NO/c1-21-14-13-20-15-19(17-9-3-4-10-17)12-6-8-16-7-2-5-11-18(16)19/h2,5,7,11,17,20H,3-4,6,8-10,12-15H2,1H3. The van der Waals surface area contributed by atoms with Gasteiger partial charge >= 0.3 is 0 Å². The lowest BCUT2D eigenvalue weighted by Gasteiger charge is -2.44. The van der Waals surface area contributed by atoms with Gasteiger partial charge in [-0.05, 0) is 49.1 Å². The number of nitrogens with one attached hydrogen (secondary N) is 1. The molecule has 1 atom stereocenters. The molecule has 2 nitrogen and oxygen atoms in total. The van der Waals surface area contributed by atoms with Crippen LogP contribution < -0.4 is 5.32 Å². The minimum atomic E-state index is 0.374. The first-order valence-corrected chi connectivity index (χ1v) is 8.65.